The molecule has 0 aliphatic carbocycles. The minimum absolute atomic E-state index is 0.106. The zero-order chi connectivity index (χ0) is 11.8. The molecule has 0 saturated carbocycles. The van der Waals surface area contributed by atoms with Crippen molar-refractivity contribution in [2.24, 2.45) is 5.73 Å². The fourth-order valence-electron chi connectivity index (χ4n) is 1.74. The molecule has 0 radical (unpaired) electrons. The van der Waals surface area contributed by atoms with E-state index in [-0.39, 0.29) is 6.04 Å². The van der Waals surface area contributed by atoms with Gasteiger partial charge in [0.05, 0.1) is 0 Å². The van der Waals surface area contributed by atoms with Crippen molar-refractivity contribution < 1.29 is 0 Å². The molecule has 5 heteroatoms. The van der Waals surface area contributed by atoms with E-state index in [0.29, 0.717) is 0 Å². The van der Waals surface area contributed by atoms with Crippen LogP contribution < -0.4 is 5.73 Å². The molecule has 17 heavy (non-hydrogen) atoms. The van der Waals surface area contributed by atoms with Crippen molar-refractivity contribution in [2.75, 3.05) is 0 Å². The molecular formula is C12H10BrNS3. The van der Waals surface area contributed by atoms with Gasteiger partial charge in [0.2, 0.25) is 0 Å². The third-order valence-corrected chi connectivity index (χ3v) is 6.79. The smallest absolute Gasteiger partial charge is 0.0454 e. The van der Waals surface area contributed by atoms with Crippen LogP contribution in [0.4, 0.5) is 0 Å². The van der Waals surface area contributed by atoms with Crippen LogP contribution in [-0.2, 0) is 6.42 Å². The Morgan fingerprint density at radius 3 is 2.71 bits per heavy atom. The highest BCUT2D eigenvalue weighted by Gasteiger charge is 2.13. The van der Waals surface area contributed by atoms with Crippen molar-refractivity contribution in [3.63, 3.8) is 0 Å². The largest absolute Gasteiger partial charge is 0.323 e. The molecule has 0 saturated heterocycles. The van der Waals surface area contributed by atoms with Crippen LogP contribution >= 0.6 is 49.9 Å². The Balaban J connectivity index is 1.84. The molecule has 3 aromatic heterocycles. The van der Waals surface area contributed by atoms with E-state index in [0.717, 1.165) is 6.42 Å². The molecule has 3 rings (SSSR count). The monoisotopic (exact) mass is 343 g/mol. The average molecular weight is 344 g/mol. The number of fused-ring (bicyclic) bond motifs is 1. The molecule has 1 unspecified atom stereocenters. The van der Waals surface area contributed by atoms with Crippen LogP contribution in [0, 0.1) is 0 Å². The minimum Gasteiger partial charge on any atom is -0.323 e. The van der Waals surface area contributed by atoms with Crippen molar-refractivity contribution in [1.82, 2.24) is 0 Å². The summed E-state index contributed by atoms with van der Waals surface area (Å²) in [6.07, 6.45) is 0.909. The van der Waals surface area contributed by atoms with Crippen molar-refractivity contribution in [1.29, 1.82) is 0 Å². The third kappa shape index (κ3) is 2.35. The van der Waals surface area contributed by atoms with E-state index in [4.69, 9.17) is 5.73 Å². The van der Waals surface area contributed by atoms with Crippen LogP contribution in [0.15, 0.2) is 33.4 Å². The van der Waals surface area contributed by atoms with Gasteiger partial charge in [-0.15, -0.1) is 34.0 Å². The summed E-state index contributed by atoms with van der Waals surface area (Å²) in [5, 5.41) is 4.23. The maximum Gasteiger partial charge on any atom is 0.0454 e. The van der Waals surface area contributed by atoms with E-state index in [1.807, 2.05) is 11.3 Å². The van der Waals surface area contributed by atoms with Gasteiger partial charge >= 0.3 is 0 Å². The lowest BCUT2D eigenvalue weighted by Gasteiger charge is -2.08. The predicted octanol–water partition coefficient (Wildman–Crippen LogP) is 5.03. The van der Waals surface area contributed by atoms with Crippen molar-refractivity contribution in [3.05, 3.63) is 43.2 Å². The zero-order valence-electron chi connectivity index (χ0n) is 8.85. The summed E-state index contributed by atoms with van der Waals surface area (Å²) in [7, 11) is 0. The highest BCUT2D eigenvalue weighted by atomic mass is 79.9. The first kappa shape index (κ1) is 11.9. The van der Waals surface area contributed by atoms with Gasteiger partial charge in [-0.3, -0.25) is 0 Å². The van der Waals surface area contributed by atoms with Gasteiger partial charge in [0.15, 0.2) is 0 Å². The molecule has 0 spiro atoms. The van der Waals surface area contributed by atoms with E-state index < -0.39 is 0 Å². The van der Waals surface area contributed by atoms with Gasteiger partial charge in [0, 0.05) is 36.1 Å². The van der Waals surface area contributed by atoms with Crippen molar-refractivity contribution in [3.8, 4) is 0 Å². The summed E-state index contributed by atoms with van der Waals surface area (Å²) in [4.78, 5) is 2.61. The quantitative estimate of drug-likeness (QED) is 0.709. The SMILES string of the molecule is NC(Cc1sccc1Br)c1cc2sccc2s1. The summed E-state index contributed by atoms with van der Waals surface area (Å²) in [5.41, 5.74) is 6.28. The van der Waals surface area contributed by atoms with Gasteiger partial charge < -0.3 is 5.73 Å². The van der Waals surface area contributed by atoms with Gasteiger partial charge in [-0.25, -0.2) is 0 Å². The summed E-state index contributed by atoms with van der Waals surface area (Å²) in [6.45, 7) is 0. The number of nitrogens with two attached hydrogens (primary N) is 1. The fourth-order valence-corrected chi connectivity index (χ4v) is 5.43. The van der Waals surface area contributed by atoms with Crippen LogP contribution in [0.25, 0.3) is 9.40 Å². The molecular weight excluding hydrogens is 334 g/mol. The van der Waals surface area contributed by atoms with E-state index >= 15 is 0 Å². The number of rotatable bonds is 3. The molecule has 0 aliphatic rings. The number of hydrogen-bond donors (Lipinski definition) is 1. The number of thiophene rings is 3. The molecule has 88 valence electrons. The second-order valence-corrected chi connectivity index (χ2v) is 7.72. The zero-order valence-corrected chi connectivity index (χ0v) is 12.9. The van der Waals surface area contributed by atoms with Crippen molar-refractivity contribution in [2.45, 2.75) is 12.5 Å². The van der Waals surface area contributed by atoms with Crippen LogP contribution in [0.2, 0.25) is 0 Å². The predicted molar refractivity (Wildman–Crippen MR) is 82.4 cm³/mol. The van der Waals surface area contributed by atoms with Crippen LogP contribution in [0.5, 0.6) is 0 Å². The van der Waals surface area contributed by atoms with Crippen LogP contribution in [0.3, 0.4) is 0 Å². The van der Waals surface area contributed by atoms with Crippen molar-refractivity contribution >= 4 is 59.3 Å². The second-order valence-electron chi connectivity index (χ2n) is 3.80. The molecule has 0 amide bonds. The molecule has 2 N–H and O–H groups in total. The molecule has 0 aliphatic heterocycles. The maximum absolute atomic E-state index is 6.28. The standard InChI is InChI=1S/C12H10BrNS3/c13-7-1-3-15-10(7)5-8(14)11-6-12-9(17-11)2-4-16-12/h1-4,6,8H,5,14H2. The minimum atomic E-state index is 0.106. The van der Waals surface area contributed by atoms with E-state index in [2.05, 4.69) is 44.9 Å². The third-order valence-electron chi connectivity index (χ3n) is 2.62. The molecule has 1 atom stereocenters. The van der Waals surface area contributed by atoms with Gasteiger partial charge in [-0.2, -0.15) is 0 Å². The van der Waals surface area contributed by atoms with E-state index in [1.54, 1.807) is 22.7 Å². The lowest BCUT2D eigenvalue weighted by atomic mass is 10.1. The molecule has 1 nitrogen and oxygen atoms in total. The Hall–Kier alpha value is -0.200. The first-order valence-corrected chi connectivity index (χ1v) is 8.55. The molecule has 0 aromatic carbocycles. The van der Waals surface area contributed by atoms with Gasteiger partial charge in [-0.05, 0) is 44.9 Å². The Labute approximate surface area is 120 Å². The summed E-state index contributed by atoms with van der Waals surface area (Å²) in [5.74, 6) is 0. The topological polar surface area (TPSA) is 26.0 Å². The maximum atomic E-state index is 6.28. The summed E-state index contributed by atoms with van der Waals surface area (Å²) < 4.78 is 3.88. The van der Waals surface area contributed by atoms with E-state index in [1.165, 1.54) is 23.6 Å². The Bertz CT molecular complexity index is 608. The number of hydrogen-bond acceptors (Lipinski definition) is 4. The normalized spacial score (nSPS) is 13.3. The molecule has 0 bridgehead atoms. The summed E-state index contributed by atoms with van der Waals surface area (Å²) >= 11 is 8.92. The highest BCUT2D eigenvalue weighted by Crippen LogP contribution is 2.35. The second kappa shape index (κ2) is 4.82. The summed E-state index contributed by atoms with van der Waals surface area (Å²) in [6, 6.07) is 6.59. The van der Waals surface area contributed by atoms with E-state index in [9.17, 15) is 0 Å². The van der Waals surface area contributed by atoms with Crippen LogP contribution in [0.1, 0.15) is 15.8 Å². The van der Waals surface area contributed by atoms with Gasteiger partial charge in [0.1, 0.15) is 0 Å². The van der Waals surface area contributed by atoms with Crippen LogP contribution in [-0.4, -0.2) is 0 Å². The lowest BCUT2D eigenvalue weighted by Crippen LogP contribution is -2.11. The number of halogens is 1. The molecule has 0 fully saturated rings. The lowest BCUT2D eigenvalue weighted by molar-refractivity contribution is 0.744. The fraction of sp³-hybridized carbons (Fsp3) is 0.167. The first-order chi connectivity index (χ1) is 8.24. The molecule has 3 heterocycles. The Kier molecular flexibility index (Phi) is 3.36. The van der Waals surface area contributed by atoms with Gasteiger partial charge in [-0.1, -0.05) is 0 Å². The Morgan fingerprint density at radius 1 is 1.18 bits per heavy atom. The molecule has 3 aromatic rings. The highest BCUT2D eigenvalue weighted by molar-refractivity contribution is 9.10. The Morgan fingerprint density at radius 2 is 2.00 bits per heavy atom. The average Bonchev–Trinajstić information content (AvgIpc) is 2.93. The van der Waals surface area contributed by atoms with Gasteiger partial charge in [0.25, 0.3) is 0 Å². The first-order valence-electron chi connectivity index (χ1n) is 5.18.